The Morgan fingerprint density at radius 1 is 0.763 bits per heavy atom. The van der Waals surface area contributed by atoms with Gasteiger partial charge in [0.05, 0.1) is 12.5 Å². The lowest BCUT2D eigenvalue weighted by Gasteiger charge is -2.30. The second kappa shape index (κ2) is 20.5. The first kappa shape index (κ1) is 32.9. The molecule has 0 bridgehead atoms. The number of ether oxygens (including phenoxy) is 1. The number of benzene rings is 1. The van der Waals surface area contributed by atoms with Crippen molar-refractivity contribution in [2.75, 3.05) is 13.7 Å². The summed E-state index contributed by atoms with van der Waals surface area (Å²) < 4.78 is 5.78. The van der Waals surface area contributed by atoms with E-state index in [1.54, 1.807) is 7.11 Å². The van der Waals surface area contributed by atoms with Crippen LogP contribution in [0.25, 0.3) is 0 Å². The third-order valence-electron chi connectivity index (χ3n) is 8.90. The van der Waals surface area contributed by atoms with Gasteiger partial charge in [-0.2, -0.15) is 0 Å². The molecule has 1 saturated carbocycles. The van der Waals surface area contributed by atoms with Gasteiger partial charge in [-0.1, -0.05) is 135 Å². The fourth-order valence-corrected chi connectivity index (χ4v) is 6.51. The third-order valence-corrected chi connectivity index (χ3v) is 8.90. The molecule has 0 spiro atoms. The van der Waals surface area contributed by atoms with E-state index in [1.165, 1.54) is 115 Å². The Hall–Kier alpha value is -1.35. The topological polar surface area (TPSA) is 46.5 Å². The van der Waals surface area contributed by atoms with Crippen molar-refractivity contribution in [3.63, 3.8) is 0 Å². The molecular formula is C35H60O3. The first-order chi connectivity index (χ1) is 18.7. The van der Waals surface area contributed by atoms with Gasteiger partial charge < -0.3 is 9.84 Å². The summed E-state index contributed by atoms with van der Waals surface area (Å²) in [7, 11) is 1.72. The molecule has 1 unspecified atom stereocenters. The summed E-state index contributed by atoms with van der Waals surface area (Å²) in [5, 5.41) is 9.16. The van der Waals surface area contributed by atoms with Crippen molar-refractivity contribution < 1.29 is 14.6 Å². The summed E-state index contributed by atoms with van der Waals surface area (Å²) in [6.45, 7) is 2.49. The van der Waals surface area contributed by atoms with Crippen LogP contribution >= 0.6 is 0 Å². The smallest absolute Gasteiger partial charge is 0.143 e. The molecule has 1 aliphatic carbocycles. The fourth-order valence-electron chi connectivity index (χ4n) is 6.51. The molecule has 38 heavy (non-hydrogen) atoms. The molecule has 0 aliphatic heterocycles. The van der Waals surface area contributed by atoms with E-state index in [0.717, 1.165) is 49.8 Å². The Bertz CT molecular complexity index is 743. The molecule has 1 fully saturated rings. The highest BCUT2D eigenvalue weighted by atomic mass is 16.5. The van der Waals surface area contributed by atoms with Gasteiger partial charge in [0, 0.05) is 18.6 Å². The SMILES string of the molecule is CCCCCCCCCCCCCCCCCCCCC1(c2ccc(CCCO)cc2OC)CCCC1=O. The van der Waals surface area contributed by atoms with Crippen LogP contribution in [0.15, 0.2) is 18.2 Å². The van der Waals surface area contributed by atoms with Gasteiger partial charge in [0.25, 0.3) is 0 Å². The molecule has 0 saturated heterocycles. The number of Topliss-reactive ketones (excluding diaryl/α,β-unsaturated/α-hetero) is 1. The second-order valence-electron chi connectivity index (χ2n) is 12.0. The maximum absolute atomic E-state index is 13.1. The van der Waals surface area contributed by atoms with Crippen LogP contribution < -0.4 is 4.74 Å². The van der Waals surface area contributed by atoms with Crippen molar-refractivity contribution in [1.29, 1.82) is 0 Å². The first-order valence-electron chi connectivity index (χ1n) is 16.5. The van der Waals surface area contributed by atoms with Gasteiger partial charge in [0.15, 0.2) is 0 Å². The number of ketones is 1. The zero-order chi connectivity index (χ0) is 27.3. The molecule has 0 amide bonds. The van der Waals surface area contributed by atoms with E-state index in [0.29, 0.717) is 12.2 Å². The summed E-state index contributed by atoms with van der Waals surface area (Å²) in [4.78, 5) is 13.1. The van der Waals surface area contributed by atoms with Crippen LogP contribution in [0.2, 0.25) is 0 Å². The number of methoxy groups -OCH3 is 1. The van der Waals surface area contributed by atoms with Crippen LogP contribution in [0, 0.1) is 0 Å². The summed E-state index contributed by atoms with van der Waals surface area (Å²) in [5.41, 5.74) is 1.92. The third kappa shape index (κ3) is 11.8. The molecule has 0 heterocycles. The number of hydrogen-bond donors (Lipinski definition) is 1. The molecule has 1 aromatic carbocycles. The number of aliphatic hydroxyl groups is 1. The summed E-state index contributed by atoms with van der Waals surface area (Å²) in [6.07, 6.45) is 30.1. The zero-order valence-electron chi connectivity index (χ0n) is 25.2. The summed E-state index contributed by atoms with van der Waals surface area (Å²) in [6, 6.07) is 6.37. The lowest BCUT2D eigenvalue weighted by Crippen LogP contribution is -2.31. The Morgan fingerprint density at radius 3 is 1.74 bits per heavy atom. The predicted molar refractivity (Wildman–Crippen MR) is 162 cm³/mol. The van der Waals surface area contributed by atoms with Crippen molar-refractivity contribution in [3.8, 4) is 5.75 Å². The summed E-state index contributed by atoms with van der Waals surface area (Å²) in [5.74, 6) is 1.27. The fraction of sp³-hybridized carbons (Fsp3) is 0.800. The van der Waals surface area contributed by atoms with Crippen LogP contribution in [0.3, 0.4) is 0 Å². The molecular weight excluding hydrogens is 468 g/mol. The van der Waals surface area contributed by atoms with Gasteiger partial charge in [0.1, 0.15) is 11.5 Å². The molecule has 2 rings (SSSR count). The Labute approximate surface area is 235 Å². The predicted octanol–water partition coefficient (Wildman–Crippen LogP) is 10.0. The monoisotopic (exact) mass is 528 g/mol. The number of aliphatic hydroxyl groups excluding tert-OH is 1. The van der Waals surface area contributed by atoms with Crippen LogP contribution in [0.4, 0.5) is 0 Å². The lowest BCUT2D eigenvalue weighted by atomic mass is 9.73. The van der Waals surface area contributed by atoms with E-state index < -0.39 is 0 Å². The first-order valence-corrected chi connectivity index (χ1v) is 16.5. The van der Waals surface area contributed by atoms with Gasteiger partial charge in [-0.3, -0.25) is 4.79 Å². The molecule has 218 valence electrons. The van der Waals surface area contributed by atoms with E-state index in [4.69, 9.17) is 9.84 Å². The highest BCUT2D eigenvalue weighted by molar-refractivity contribution is 5.92. The minimum atomic E-state index is -0.351. The molecule has 1 N–H and O–H groups in total. The minimum absolute atomic E-state index is 0.200. The minimum Gasteiger partial charge on any atom is -0.496 e. The second-order valence-corrected chi connectivity index (χ2v) is 12.0. The number of hydrogen-bond acceptors (Lipinski definition) is 3. The maximum Gasteiger partial charge on any atom is 0.143 e. The number of rotatable bonds is 24. The van der Waals surface area contributed by atoms with E-state index >= 15 is 0 Å². The van der Waals surface area contributed by atoms with Crippen LogP contribution in [0.1, 0.15) is 166 Å². The normalized spacial score (nSPS) is 17.4. The molecule has 1 aromatic rings. The van der Waals surface area contributed by atoms with E-state index in [1.807, 2.05) is 0 Å². The van der Waals surface area contributed by atoms with E-state index in [-0.39, 0.29) is 12.0 Å². The van der Waals surface area contributed by atoms with E-state index in [9.17, 15) is 4.79 Å². The zero-order valence-corrected chi connectivity index (χ0v) is 25.2. The number of carbonyl (C=O) groups is 1. The van der Waals surface area contributed by atoms with Gasteiger partial charge >= 0.3 is 0 Å². The molecule has 0 radical (unpaired) electrons. The molecule has 1 atom stereocenters. The van der Waals surface area contributed by atoms with Crippen molar-refractivity contribution in [3.05, 3.63) is 29.3 Å². The van der Waals surface area contributed by atoms with Crippen molar-refractivity contribution in [2.24, 2.45) is 0 Å². The molecule has 1 aliphatic rings. The molecule has 0 aromatic heterocycles. The highest BCUT2D eigenvalue weighted by Gasteiger charge is 2.44. The number of unbranched alkanes of at least 4 members (excludes halogenated alkanes) is 17. The van der Waals surface area contributed by atoms with Gasteiger partial charge in [-0.15, -0.1) is 0 Å². The quantitative estimate of drug-likeness (QED) is 0.136. The highest BCUT2D eigenvalue weighted by Crippen LogP contribution is 2.46. The van der Waals surface area contributed by atoms with Crippen LogP contribution in [0.5, 0.6) is 5.75 Å². The van der Waals surface area contributed by atoms with Crippen molar-refractivity contribution in [2.45, 2.75) is 166 Å². The largest absolute Gasteiger partial charge is 0.496 e. The molecule has 3 nitrogen and oxygen atoms in total. The van der Waals surface area contributed by atoms with Gasteiger partial charge in [-0.05, 0) is 43.7 Å². The van der Waals surface area contributed by atoms with Gasteiger partial charge in [-0.25, -0.2) is 0 Å². The van der Waals surface area contributed by atoms with Crippen LogP contribution in [-0.2, 0) is 16.6 Å². The van der Waals surface area contributed by atoms with Crippen molar-refractivity contribution >= 4 is 5.78 Å². The maximum atomic E-state index is 13.1. The van der Waals surface area contributed by atoms with Crippen molar-refractivity contribution in [1.82, 2.24) is 0 Å². The molecule has 3 heteroatoms. The van der Waals surface area contributed by atoms with E-state index in [2.05, 4.69) is 25.1 Å². The average Bonchev–Trinajstić information content (AvgIpc) is 3.31. The number of aryl methyl sites for hydroxylation is 1. The Morgan fingerprint density at radius 2 is 1.29 bits per heavy atom. The Balaban J connectivity index is 1.57. The Kier molecular flexibility index (Phi) is 17.8. The summed E-state index contributed by atoms with van der Waals surface area (Å²) >= 11 is 0. The average molecular weight is 529 g/mol. The van der Waals surface area contributed by atoms with Gasteiger partial charge in [0.2, 0.25) is 0 Å². The lowest BCUT2D eigenvalue weighted by molar-refractivity contribution is -0.122. The number of carbonyl (C=O) groups excluding carboxylic acids is 1. The standard InChI is InChI=1S/C35H60O3/c1-3-4-5-6-7-8-9-10-11-12-13-14-15-16-17-18-19-20-27-35(28-21-24-34(35)37)32-26-25-31(23-22-29-36)30-33(32)38-2/h25-26,30,36H,3-24,27-29H2,1-2H3. The van der Waals surface area contributed by atoms with Crippen LogP contribution in [-0.4, -0.2) is 24.6 Å².